The molecule has 2 atom stereocenters. The molecule has 0 aliphatic heterocycles. The summed E-state index contributed by atoms with van der Waals surface area (Å²) in [5, 5.41) is 0. The Morgan fingerprint density at radius 2 is 1.62 bits per heavy atom. The first kappa shape index (κ1) is 23.0. The first-order valence-electron chi connectivity index (χ1n) is 8.38. The van der Waals surface area contributed by atoms with Gasteiger partial charge in [0, 0.05) is 0 Å². The van der Waals surface area contributed by atoms with Crippen molar-refractivity contribution in [2.75, 3.05) is 0 Å². The Morgan fingerprint density at radius 3 is 2.27 bits per heavy atom. The van der Waals surface area contributed by atoms with E-state index in [0.29, 0.717) is 11.8 Å². The van der Waals surface area contributed by atoms with Gasteiger partial charge in [-0.1, -0.05) is 42.0 Å². The van der Waals surface area contributed by atoms with Crippen molar-refractivity contribution in [3.63, 3.8) is 0 Å². The van der Waals surface area contributed by atoms with Crippen molar-refractivity contribution in [3.05, 3.63) is 102 Å². The number of benzene rings is 2. The van der Waals surface area contributed by atoms with Crippen LogP contribution in [0.25, 0.3) is 11.1 Å². The van der Waals surface area contributed by atoms with Crippen LogP contribution in [0, 0.1) is 12.0 Å². The Kier molecular flexibility index (Phi) is 9.72. The van der Waals surface area contributed by atoms with E-state index in [1.54, 1.807) is 0 Å². The Balaban J connectivity index is 0.000000372. The van der Waals surface area contributed by atoms with Crippen molar-refractivity contribution in [1.29, 1.82) is 0 Å². The molecule has 2 aliphatic carbocycles. The van der Waals surface area contributed by atoms with Crippen LogP contribution in [0.5, 0.6) is 0 Å². The van der Waals surface area contributed by atoms with E-state index in [4.69, 9.17) is 0 Å². The van der Waals surface area contributed by atoms with Crippen molar-refractivity contribution < 1.29 is 51.0 Å². The van der Waals surface area contributed by atoms with Crippen LogP contribution < -0.4 is 24.8 Å². The second kappa shape index (κ2) is 11.0. The molecule has 0 radical (unpaired) electrons. The van der Waals surface area contributed by atoms with Crippen LogP contribution in [-0.2, 0) is 26.2 Å². The molecule has 0 aromatic heterocycles. The minimum Gasteiger partial charge on any atom is -1.00 e. The Bertz CT molecular complexity index is 746. The van der Waals surface area contributed by atoms with E-state index in [0.717, 1.165) is 0 Å². The molecule has 0 saturated carbocycles. The third-order valence-corrected chi connectivity index (χ3v) is 4.82. The second-order valence-electron chi connectivity index (χ2n) is 6.19. The SMILES string of the molecule is [Cl-].[Cl-].[Zr+4].[c-]1cccc2c1C(C1C=CCC1)c1ccccc1-2.c1cc[cH-]c1. The summed E-state index contributed by atoms with van der Waals surface area (Å²) in [5.41, 5.74) is 5.69. The van der Waals surface area contributed by atoms with Gasteiger partial charge in [0.25, 0.3) is 0 Å². The molecule has 2 aliphatic rings. The van der Waals surface area contributed by atoms with Gasteiger partial charge in [0.2, 0.25) is 0 Å². The summed E-state index contributed by atoms with van der Waals surface area (Å²) < 4.78 is 0. The van der Waals surface area contributed by atoms with Gasteiger partial charge in [-0.25, -0.2) is 12.1 Å². The zero-order valence-electron chi connectivity index (χ0n) is 14.4. The Morgan fingerprint density at radius 1 is 0.885 bits per heavy atom. The third kappa shape index (κ3) is 4.63. The molecule has 130 valence electrons. The summed E-state index contributed by atoms with van der Waals surface area (Å²) in [6.45, 7) is 0. The van der Waals surface area contributed by atoms with Crippen LogP contribution in [0.1, 0.15) is 29.9 Å². The number of allylic oxidation sites excluding steroid dienone is 2. The summed E-state index contributed by atoms with van der Waals surface area (Å²) in [6, 6.07) is 28.7. The molecule has 0 spiro atoms. The smallest absolute Gasteiger partial charge is 1.00 e. The van der Waals surface area contributed by atoms with E-state index in [9.17, 15) is 0 Å². The first-order valence-corrected chi connectivity index (χ1v) is 8.38. The van der Waals surface area contributed by atoms with E-state index >= 15 is 0 Å². The van der Waals surface area contributed by atoms with E-state index < -0.39 is 0 Å². The molecule has 3 heteroatoms. The van der Waals surface area contributed by atoms with Crippen molar-refractivity contribution >= 4 is 0 Å². The molecule has 2 unspecified atom stereocenters. The second-order valence-corrected chi connectivity index (χ2v) is 6.19. The van der Waals surface area contributed by atoms with Crippen molar-refractivity contribution in [3.8, 4) is 11.1 Å². The minimum atomic E-state index is 0. The van der Waals surface area contributed by atoms with Crippen LogP contribution in [0.4, 0.5) is 0 Å². The van der Waals surface area contributed by atoms with Gasteiger partial charge in [0.1, 0.15) is 0 Å². The van der Waals surface area contributed by atoms with Crippen LogP contribution >= 0.6 is 0 Å². The molecule has 0 amide bonds. The summed E-state index contributed by atoms with van der Waals surface area (Å²) in [6.07, 6.45) is 7.23. The summed E-state index contributed by atoms with van der Waals surface area (Å²) >= 11 is 0. The van der Waals surface area contributed by atoms with Crippen LogP contribution in [-0.4, -0.2) is 0 Å². The van der Waals surface area contributed by atoms with Crippen LogP contribution in [0.15, 0.2) is 84.9 Å². The zero-order valence-corrected chi connectivity index (χ0v) is 18.4. The molecular formula is C23H20Cl2Zr. The largest absolute Gasteiger partial charge is 4.00 e. The van der Waals surface area contributed by atoms with Gasteiger partial charge in [-0.05, 0) is 30.2 Å². The van der Waals surface area contributed by atoms with E-state index in [2.05, 4.69) is 60.7 Å². The maximum atomic E-state index is 3.49. The number of rotatable bonds is 1. The van der Waals surface area contributed by atoms with E-state index in [-0.39, 0.29) is 51.0 Å². The Hall–Kier alpha value is -1.01. The van der Waals surface area contributed by atoms with Crippen molar-refractivity contribution in [2.45, 2.75) is 18.8 Å². The molecule has 0 heterocycles. The number of hydrogen-bond donors (Lipinski definition) is 0. The molecule has 0 saturated heterocycles. The quantitative estimate of drug-likeness (QED) is 0.355. The average Bonchev–Trinajstić information content (AvgIpc) is 3.35. The number of halogens is 2. The molecule has 0 bridgehead atoms. The molecule has 0 fully saturated rings. The van der Waals surface area contributed by atoms with Gasteiger partial charge in [0.15, 0.2) is 0 Å². The van der Waals surface area contributed by atoms with Gasteiger partial charge in [-0.15, -0.1) is 11.1 Å². The fourth-order valence-electron chi connectivity index (χ4n) is 3.81. The molecule has 0 N–H and O–H groups in total. The van der Waals surface area contributed by atoms with Gasteiger partial charge < -0.3 is 24.8 Å². The van der Waals surface area contributed by atoms with Gasteiger partial charge >= 0.3 is 26.2 Å². The fourth-order valence-corrected chi connectivity index (χ4v) is 3.81. The van der Waals surface area contributed by atoms with Gasteiger partial charge in [-0.3, -0.25) is 0 Å². The maximum absolute atomic E-state index is 3.49. The molecule has 0 nitrogen and oxygen atoms in total. The van der Waals surface area contributed by atoms with Crippen molar-refractivity contribution in [1.82, 2.24) is 0 Å². The number of hydrogen-bond acceptors (Lipinski definition) is 0. The fraction of sp³-hybridized carbons (Fsp3) is 0.174. The van der Waals surface area contributed by atoms with E-state index in [1.807, 2.05) is 30.3 Å². The normalized spacial score (nSPS) is 18.2. The van der Waals surface area contributed by atoms with Crippen LogP contribution in [0.2, 0.25) is 0 Å². The Labute approximate surface area is 188 Å². The topological polar surface area (TPSA) is 0 Å². The molecule has 5 rings (SSSR count). The number of fused-ring (bicyclic) bond motifs is 3. The molecule has 3 aromatic rings. The van der Waals surface area contributed by atoms with Gasteiger partial charge in [-0.2, -0.15) is 42.5 Å². The summed E-state index contributed by atoms with van der Waals surface area (Å²) in [5.74, 6) is 1.18. The molecule has 26 heavy (non-hydrogen) atoms. The summed E-state index contributed by atoms with van der Waals surface area (Å²) in [4.78, 5) is 0. The van der Waals surface area contributed by atoms with Crippen molar-refractivity contribution in [2.24, 2.45) is 5.92 Å². The maximum Gasteiger partial charge on any atom is 4.00 e. The molecular weight excluding hydrogens is 438 g/mol. The average molecular weight is 459 g/mol. The van der Waals surface area contributed by atoms with Gasteiger partial charge in [0.05, 0.1) is 0 Å². The zero-order chi connectivity index (χ0) is 15.5. The third-order valence-electron chi connectivity index (χ3n) is 4.82. The predicted octanol–water partition coefficient (Wildman–Crippen LogP) is -0.0237. The van der Waals surface area contributed by atoms with Crippen LogP contribution in [0.3, 0.4) is 0 Å². The molecule has 3 aromatic carbocycles. The predicted molar refractivity (Wildman–Crippen MR) is 96.5 cm³/mol. The monoisotopic (exact) mass is 456 g/mol. The standard InChI is InChI=1S/C18H15.C5H5.2ClH.Zr/c1-2-8-13(7-1)18-16-11-5-3-9-14(16)15-10-4-6-12-17(15)18;1-2-4-5-3-1;;;/h1,3-7,9-11,13,18H,2,8H2;1-5H;2*1H;/q2*-1;;;+4/p-2. The van der Waals surface area contributed by atoms with E-state index in [1.165, 1.54) is 35.1 Å². The minimum absolute atomic E-state index is 0. The summed E-state index contributed by atoms with van der Waals surface area (Å²) in [7, 11) is 0. The first-order chi connectivity index (χ1) is 11.4.